The Hall–Kier alpha value is -0.660. The van der Waals surface area contributed by atoms with Crippen LogP contribution in [0.1, 0.15) is 6.42 Å². The molecular weight excluding hydrogens is 184 g/mol. The van der Waals surface area contributed by atoms with Crippen molar-refractivity contribution in [1.29, 1.82) is 0 Å². The molecule has 0 aromatic carbocycles. The first kappa shape index (κ1) is 11.3. The Morgan fingerprint density at radius 2 is 2.08 bits per heavy atom. The van der Waals surface area contributed by atoms with Crippen molar-refractivity contribution in [2.75, 3.05) is 20.7 Å². The van der Waals surface area contributed by atoms with Crippen molar-refractivity contribution in [2.24, 2.45) is 5.14 Å². The lowest BCUT2D eigenvalue weighted by atomic mass is 10.4. The maximum Gasteiger partial charge on any atom is 0.306 e. The molecule has 0 heterocycles. The van der Waals surface area contributed by atoms with E-state index in [1.807, 2.05) is 0 Å². The van der Waals surface area contributed by atoms with E-state index in [1.54, 1.807) is 0 Å². The molecule has 0 aromatic heterocycles. The van der Waals surface area contributed by atoms with Crippen LogP contribution in [0.5, 0.6) is 0 Å². The summed E-state index contributed by atoms with van der Waals surface area (Å²) in [5.74, 6) is -0.467. The van der Waals surface area contributed by atoms with E-state index >= 15 is 0 Å². The van der Waals surface area contributed by atoms with E-state index in [4.69, 9.17) is 5.14 Å². The Kier molecular flexibility index (Phi) is 4.15. The van der Waals surface area contributed by atoms with Crippen molar-refractivity contribution in [2.45, 2.75) is 6.42 Å². The Bertz CT molecular complexity index is 248. The Morgan fingerprint density at radius 3 is 2.42 bits per heavy atom. The summed E-state index contributed by atoms with van der Waals surface area (Å²) < 4.78 is 26.4. The Balaban J connectivity index is 3.88. The van der Waals surface area contributed by atoms with Gasteiger partial charge in [0.2, 0.25) is 0 Å². The molecule has 0 unspecified atom stereocenters. The minimum absolute atomic E-state index is 0.00340. The zero-order valence-corrected chi connectivity index (χ0v) is 7.80. The van der Waals surface area contributed by atoms with E-state index in [0.29, 0.717) is 0 Å². The second-order valence-electron chi connectivity index (χ2n) is 2.19. The molecule has 12 heavy (non-hydrogen) atoms. The van der Waals surface area contributed by atoms with Crippen LogP contribution >= 0.6 is 0 Å². The van der Waals surface area contributed by atoms with Gasteiger partial charge in [-0.1, -0.05) is 0 Å². The fourth-order valence-electron chi connectivity index (χ4n) is 0.478. The van der Waals surface area contributed by atoms with Gasteiger partial charge in [-0.15, -0.1) is 0 Å². The highest BCUT2D eigenvalue weighted by molar-refractivity contribution is 7.86. The third-order valence-corrected chi connectivity index (χ3v) is 2.34. The SMILES string of the molecule is COC(=O)CCN(C)S(N)(=O)=O. The van der Waals surface area contributed by atoms with Crippen molar-refractivity contribution in [3.05, 3.63) is 0 Å². The third-order valence-electron chi connectivity index (χ3n) is 1.29. The van der Waals surface area contributed by atoms with Crippen LogP contribution in [0.25, 0.3) is 0 Å². The monoisotopic (exact) mass is 196 g/mol. The topological polar surface area (TPSA) is 89.7 Å². The number of methoxy groups -OCH3 is 1. The molecule has 0 rings (SSSR count). The van der Waals surface area contributed by atoms with Gasteiger partial charge in [0.15, 0.2) is 0 Å². The Labute approximate surface area is 71.5 Å². The van der Waals surface area contributed by atoms with Crippen molar-refractivity contribution >= 4 is 16.2 Å². The molecule has 0 aromatic rings. The Morgan fingerprint density at radius 1 is 1.58 bits per heavy atom. The summed E-state index contributed by atoms with van der Waals surface area (Å²) >= 11 is 0. The average molecular weight is 196 g/mol. The number of nitrogens with two attached hydrogens (primary N) is 1. The number of carbonyl (C=O) groups excluding carboxylic acids is 1. The number of hydrogen-bond acceptors (Lipinski definition) is 4. The van der Waals surface area contributed by atoms with Crippen molar-refractivity contribution in [3.63, 3.8) is 0 Å². The molecule has 0 bridgehead atoms. The summed E-state index contributed by atoms with van der Waals surface area (Å²) in [5, 5.41) is 4.75. The number of esters is 1. The first-order valence-corrected chi connectivity index (χ1v) is 4.69. The van der Waals surface area contributed by atoms with Gasteiger partial charge >= 0.3 is 5.97 Å². The van der Waals surface area contributed by atoms with Gasteiger partial charge in [-0.05, 0) is 0 Å². The van der Waals surface area contributed by atoms with E-state index < -0.39 is 16.2 Å². The third kappa shape index (κ3) is 4.27. The lowest BCUT2D eigenvalue weighted by Crippen LogP contribution is -2.34. The molecule has 0 aliphatic carbocycles. The van der Waals surface area contributed by atoms with Gasteiger partial charge in [0, 0.05) is 13.6 Å². The highest BCUT2D eigenvalue weighted by atomic mass is 32.2. The van der Waals surface area contributed by atoms with Gasteiger partial charge in [-0.3, -0.25) is 4.79 Å². The van der Waals surface area contributed by atoms with E-state index in [-0.39, 0.29) is 13.0 Å². The molecule has 6 nitrogen and oxygen atoms in total. The number of carbonyl (C=O) groups is 1. The van der Waals surface area contributed by atoms with Crippen LogP contribution in [0, 0.1) is 0 Å². The molecule has 0 saturated heterocycles. The van der Waals surface area contributed by atoms with Gasteiger partial charge < -0.3 is 4.74 Å². The van der Waals surface area contributed by atoms with Gasteiger partial charge in [0.05, 0.1) is 13.5 Å². The smallest absolute Gasteiger partial charge is 0.306 e. The minimum atomic E-state index is -3.68. The number of nitrogens with zero attached hydrogens (tertiary/aromatic N) is 1. The first-order valence-electron chi connectivity index (χ1n) is 3.19. The van der Waals surface area contributed by atoms with Crippen LogP contribution in [-0.4, -0.2) is 39.4 Å². The normalized spacial score (nSPS) is 11.7. The molecule has 0 aliphatic heterocycles. The molecule has 0 amide bonds. The maximum absolute atomic E-state index is 10.6. The van der Waals surface area contributed by atoms with Crippen molar-refractivity contribution in [1.82, 2.24) is 4.31 Å². The van der Waals surface area contributed by atoms with E-state index in [0.717, 1.165) is 4.31 Å². The largest absolute Gasteiger partial charge is 0.469 e. The number of rotatable bonds is 4. The summed E-state index contributed by atoms with van der Waals surface area (Å²) in [7, 11) is -1.16. The quantitative estimate of drug-likeness (QED) is 0.565. The van der Waals surface area contributed by atoms with Gasteiger partial charge in [0.25, 0.3) is 10.2 Å². The zero-order chi connectivity index (χ0) is 9.78. The first-order chi connectivity index (χ1) is 5.38. The highest BCUT2D eigenvalue weighted by Crippen LogP contribution is 1.93. The predicted octanol–water partition coefficient (Wildman–Crippen LogP) is -1.32. The summed E-state index contributed by atoms with van der Waals surface area (Å²) in [6.45, 7) is 0.0332. The fraction of sp³-hybridized carbons (Fsp3) is 0.800. The van der Waals surface area contributed by atoms with E-state index in [9.17, 15) is 13.2 Å². The minimum Gasteiger partial charge on any atom is -0.469 e. The zero-order valence-electron chi connectivity index (χ0n) is 6.98. The average Bonchev–Trinajstić information content (AvgIpc) is 1.97. The number of ether oxygens (including phenoxy) is 1. The van der Waals surface area contributed by atoms with Crippen LogP contribution in [0.4, 0.5) is 0 Å². The summed E-state index contributed by atoms with van der Waals surface area (Å²) in [4.78, 5) is 10.6. The summed E-state index contributed by atoms with van der Waals surface area (Å²) in [6, 6.07) is 0. The lowest BCUT2D eigenvalue weighted by Gasteiger charge is -2.11. The van der Waals surface area contributed by atoms with Crippen LogP contribution in [-0.2, 0) is 19.7 Å². The lowest BCUT2D eigenvalue weighted by molar-refractivity contribution is -0.140. The van der Waals surface area contributed by atoms with Gasteiger partial charge in [-0.2, -0.15) is 12.7 Å². The van der Waals surface area contributed by atoms with Gasteiger partial charge in [0.1, 0.15) is 0 Å². The molecular formula is C5H12N2O4S. The fourth-order valence-corrected chi connectivity index (χ4v) is 0.824. The summed E-state index contributed by atoms with van der Waals surface area (Å²) in [6.07, 6.45) is 0.00340. The second-order valence-corrected chi connectivity index (χ2v) is 3.85. The maximum atomic E-state index is 10.6. The standard InChI is InChI=1S/C5H12N2O4S/c1-7(12(6,9)10)4-3-5(8)11-2/h3-4H2,1-2H3,(H2,6,9,10). The van der Waals surface area contributed by atoms with Crippen LogP contribution < -0.4 is 5.14 Å². The molecule has 0 aliphatic rings. The molecule has 0 fully saturated rings. The number of hydrogen-bond donors (Lipinski definition) is 1. The van der Waals surface area contributed by atoms with Crippen molar-refractivity contribution < 1.29 is 17.9 Å². The predicted molar refractivity (Wildman–Crippen MR) is 42.4 cm³/mol. The summed E-state index contributed by atoms with van der Waals surface area (Å²) in [5.41, 5.74) is 0. The highest BCUT2D eigenvalue weighted by Gasteiger charge is 2.12. The van der Waals surface area contributed by atoms with Crippen molar-refractivity contribution in [3.8, 4) is 0 Å². The van der Waals surface area contributed by atoms with Crippen LogP contribution in [0.3, 0.4) is 0 Å². The molecule has 2 N–H and O–H groups in total. The van der Waals surface area contributed by atoms with Gasteiger partial charge in [-0.25, -0.2) is 5.14 Å². The van der Waals surface area contributed by atoms with Crippen LogP contribution in [0.2, 0.25) is 0 Å². The molecule has 72 valence electrons. The van der Waals surface area contributed by atoms with E-state index in [1.165, 1.54) is 14.2 Å². The molecule has 0 atom stereocenters. The molecule has 7 heteroatoms. The second kappa shape index (κ2) is 4.39. The molecule has 0 radical (unpaired) electrons. The molecule has 0 spiro atoms. The molecule has 0 saturated carbocycles. The van der Waals surface area contributed by atoms with Crippen LogP contribution in [0.15, 0.2) is 0 Å². The van der Waals surface area contributed by atoms with E-state index in [2.05, 4.69) is 4.74 Å².